The normalized spacial score (nSPS) is 12.0. The molecule has 0 aliphatic heterocycles. The number of rotatable bonds is 7. The summed E-state index contributed by atoms with van der Waals surface area (Å²) in [7, 11) is 0. The third kappa shape index (κ3) is 5.25. The Hall–Kier alpha value is -2.64. The maximum Gasteiger partial charge on any atom is 0.230 e. The van der Waals surface area contributed by atoms with E-state index in [2.05, 4.69) is 33.7 Å². The van der Waals surface area contributed by atoms with E-state index in [1.165, 1.54) is 11.8 Å². The average molecular weight is 411 g/mol. The van der Waals surface area contributed by atoms with Crippen LogP contribution in [0.5, 0.6) is 0 Å². The predicted molar refractivity (Wildman–Crippen MR) is 115 cm³/mol. The summed E-state index contributed by atoms with van der Waals surface area (Å²) in [4.78, 5) is 12.3. The maximum absolute atomic E-state index is 12.3. The van der Waals surface area contributed by atoms with Crippen LogP contribution in [0.25, 0.3) is 5.69 Å². The highest BCUT2D eigenvalue weighted by Gasteiger charge is 2.16. The molecule has 1 heterocycles. The summed E-state index contributed by atoms with van der Waals surface area (Å²) in [5.74, 6) is 0.814. The minimum absolute atomic E-state index is 0.158. The first-order valence-corrected chi connectivity index (χ1v) is 10.5. The second kappa shape index (κ2) is 9.24. The van der Waals surface area contributed by atoms with Crippen LogP contribution in [0.2, 0.25) is 0 Å². The SMILES string of the molecule is Cc1ccc(C(O)CNC(=O)CSc2nnc(C)n2-c2cc(C)ccc2C)cc1. The summed E-state index contributed by atoms with van der Waals surface area (Å²) in [5.41, 5.74) is 5.20. The molecule has 29 heavy (non-hydrogen) atoms. The summed E-state index contributed by atoms with van der Waals surface area (Å²) in [6, 6.07) is 13.9. The Kier molecular flexibility index (Phi) is 6.71. The Balaban J connectivity index is 1.61. The largest absolute Gasteiger partial charge is 0.387 e. The van der Waals surface area contributed by atoms with Gasteiger partial charge in [0, 0.05) is 6.54 Å². The molecular formula is C22H26N4O2S. The molecule has 1 unspecified atom stereocenters. The van der Waals surface area contributed by atoms with Crippen LogP contribution >= 0.6 is 11.8 Å². The molecule has 1 atom stereocenters. The fourth-order valence-electron chi connectivity index (χ4n) is 2.97. The smallest absolute Gasteiger partial charge is 0.230 e. The average Bonchev–Trinajstić information content (AvgIpc) is 3.07. The van der Waals surface area contributed by atoms with Crippen LogP contribution in [0, 0.1) is 27.7 Å². The van der Waals surface area contributed by atoms with E-state index in [0.717, 1.165) is 33.8 Å². The van der Waals surface area contributed by atoms with E-state index in [-0.39, 0.29) is 18.2 Å². The van der Waals surface area contributed by atoms with E-state index in [1.807, 2.05) is 56.5 Å². The quantitative estimate of drug-likeness (QED) is 0.583. The molecule has 0 spiro atoms. The third-order valence-electron chi connectivity index (χ3n) is 4.69. The Morgan fingerprint density at radius 3 is 2.48 bits per heavy atom. The van der Waals surface area contributed by atoms with Crippen LogP contribution in [-0.2, 0) is 4.79 Å². The Bertz CT molecular complexity index is 999. The number of hydrogen-bond acceptors (Lipinski definition) is 5. The Labute approximate surface area is 175 Å². The van der Waals surface area contributed by atoms with Gasteiger partial charge in [0.05, 0.1) is 17.5 Å². The summed E-state index contributed by atoms with van der Waals surface area (Å²) >= 11 is 1.33. The molecule has 2 aromatic carbocycles. The Morgan fingerprint density at radius 2 is 1.76 bits per heavy atom. The number of nitrogens with one attached hydrogen (secondary N) is 1. The van der Waals surface area contributed by atoms with Crippen molar-refractivity contribution >= 4 is 17.7 Å². The molecule has 0 bridgehead atoms. The molecule has 0 fully saturated rings. The number of amides is 1. The Morgan fingerprint density at radius 1 is 1.07 bits per heavy atom. The van der Waals surface area contributed by atoms with Crippen LogP contribution in [0.4, 0.5) is 0 Å². The second-order valence-corrected chi connectivity index (χ2v) is 8.12. The van der Waals surface area contributed by atoms with Gasteiger partial charge in [0.1, 0.15) is 5.82 Å². The third-order valence-corrected chi connectivity index (χ3v) is 5.62. The van der Waals surface area contributed by atoms with E-state index in [1.54, 1.807) is 0 Å². The van der Waals surface area contributed by atoms with Crippen molar-refractivity contribution in [2.45, 2.75) is 39.0 Å². The molecule has 7 heteroatoms. The number of aromatic nitrogens is 3. The molecule has 0 radical (unpaired) electrons. The number of aliphatic hydroxyl groups excluding tert-OH is 1. The molecule has 3 rings (SSSR count). The van der Waals surface area contributed by atoms with Crippen molar-refractivity contribution in [1.29, 1.82) is 0 Å². The number of benzene rings is 2. The van der Waals surface area contributed by atoms with Gasteiger partial charge in [-0.1, -0.05) is 53.7 Å². The number of nitrogens with zero attached hydrogens (tertiary/aromatic N) is 3. The first-order valence-electron chi connectivity index (χ1n) is 9.49. The lowest BCUT2D eigenvalue weighted by Gasteiger charge is -2.13. The van der Waals surface area contributed by atoms with Crippen LogP contribution in [-0.4, -0.2) is 38.1 Å². The van der Waals surface area contributed by atoms with Gasteiger partial charge in [-0.25, -0.2) is 0 Å². The summed E-state index contributed by atoms with van der Waals surface area (Å²) in [6.07, 6.45) is -0.731. The number of aryl methyl sites for hydroxylation is 4. The summed E-state index contributed by atoms with van der Waals surface area (Å²) < 4.78 is 1.97. The zero-order valence-electron chi connectivity index (χ0n) is 17.1. The first kappa shape index (κ1) is 21.1. The number of aliphatic hydroxyl groups is 1. The minimum Gasteiger partial charge on any atom is -0.387 e. The van der Waals surface area contributed by atoms with Crippen molar-refractivity contribution in [3.63, 3.8) is 0 Å². The van der Waals surface area contributed by atoms with Crippen molar-refractivity contribution in [2.75, 3.05) is 12.3 Å². The highest BCUT2D eigenvalue weighted by atomic mass is 32.2. The standard InChI is InChI=1S/C22H26N4O2S/c1-14-6-9-18(10-7-14)20(27)12-23-21(28)13-29-22-25-24-17(4)26(22)19-11-15(2)5-8-16(19)3/h5-11,20,27H,12-13H2,1-4H3,(H,23,28). The van der Waals surface area contributed by atoms with E-state index >= 15 is 0 Å². The fourth-order valence-corrected chi connectivity index (χ4v) is 3.79. The molecule has 0 aliphatic carbocycles. The molecule has 1 aromatic heterocycles. The highest BCUT2D eigenvalue weighted by molar-refractivity contribution is 7.99. The van der Waals surface area contributed by atoms with Crippen LogP contribution < -0.4 is 5.32 Å². The summed E-state index contributed by atoms with van der Waals surface area (Å²) in [6.45, 7) is 8.15. The van der Waals surface area contributed by atoms with Gasteiger partial charge in [-0.05, 0) is 50.5 Å². The lowest BCUT2D eigenvalue weighted by Crippen LogP contribution is -2.29. The van der Waals surface area contributed by atoms with Gasteiger partial charge >= 0.3 is 0 Å². The molecule has 0 aliphatic rings. The molecular weight excluding hydrogens is 384 g/mol. The van der Waals surface area contributed by atoms with Crippen LogP contribution in [0.3, 0.4) is 0 Å². The second-order valence-electron chi connectivity index (χ2n) is 7.17. The molecule has 1 amide bonds. The first-order chi connectivity index (χ1) is 13.8. The van der Waals surface area contributed by atoms with Gasteiger partial charge in [-0.2, -0.15) is 0 Å². The van der Waals surface area contributed by atoms with Crippen molar-refractivity contribution in [3.05, 3.63) is 70.5 Å². The van der Waals surface area contributed by atoms with Crippen LogP contribution in [0.15, 0.2) is 47.6 Å². The number of carbonyl (C=O) groups is 1. The number of hydrogen-bond donors (Lipinski definition) is 2. The van der Waals surface area contributed by atoms with Gasteiger partial charge in [0.2, 0.25) is 5.91 Å². The molecule has 0 saturated carbocycles. The van der Waals surface area contributed by atoms with Crippen molar-refractivity contribution in [3.8, 4) is 5.69 Å². The van der Waals surface area contributed by atoms with Gasteiger partial charge in [0.15, 0.2) is 5.16 Å². The van der Waals surface area contributed by atoms with Crippen molar-refractivity contribution in [1.82, 2.24) is 20.1 Å². The zero-order chi connectivity index (χ0) is 21.0. The van der Waals surface area contributed by atoms with Gasteiger partial charge < -0.3 is 10.4 Å². The van der Waals surface area contributed by atoms with E-state index in [4.69, 9.17) is 0 Å². The van der Waals surface area contributed by atoms with Crippen molar-refractivity contribution in [2.24, 2.45) is 0 Å². The molecule has 6 nitrogen and oxygen atoms in total. The minimum atomic E-state index is -0.731. The number of carbonyl (C=O) groups excluding carboxylic acids is 1. The number of thioether (sulfide) groups is 1. The highest BCUT2D eigenvalue weighted by Crippen LogP contribution is 2.24. The predicted octanol–water partition coefficient (Wildman–Crippen LogP) is 3.44. The van der Waals surface area contributed by atoms with E-state index in [9.17, 15) is 9.90 Å². The topological polar surface area (TPSA) is 80.0 Å². The monoisotopic (exact) mass is 410 g/mol. The molecule has 0 saturated heterocycles. The fraction of sp³-hybridized carbons (Fsp3) is 0.318. The maximum atomic E-state index is 12.3. The summed E-state index contributed by atoms with van der Waals surface area (Å²) in [5, 5.41) is 22.1. The van der Waals surface area contributed by atoms with Crippen molar-refractivity contribution < 1.29 is 9.90 Å². The van der Waals surface area contributed by atoms with Gasteiger partial charge in [0.25, 0.3) is 0 Å². The molecule has 2 N–H and O–H groups in total. The lowest BCUT2D eigenvalue weighted by molar-refractivity contribution is -0.119. The zero-order valence-corrected chi connectivity index (χ0v) is 18.0. The molecule has 152 valence electrons. The molecule has 3 aromatic rings. The van der Waals surface area contributed by atoms with Gasteiger partial charge in [-0.3, -0.25) is 9.36 Å². The van der Waals surface area contributed by atoms with E-state index < -0.39 is 6.10 Å². The van der Waals surface area contributed by atoms with Gasteiger partial charge in [-0.15, -0.1) is 10.2 Å². The van der Waals surface area contributed by atoms with E-state index in [0.29, 0.717) is 5.16 Å². The lowest BCUT2D eigenvalue weighted by atomic mass is 10.1. The van der Waals surface area contributed by atoms with Crippen LogP contribution in [0.1, 0.15) is 34.2 Å².